The van der Waals surface area contributed by atoms with E-state index in [2.05, 4.69) is 20.7 Å². The number of carbonyl (C=O) groups is 2. The number of phenols is 1. The monoisotopic (exact) mass is 495 g/mol. The molecule has 37 heavy (non-hydrogen) atoms. The van der Waals surface area contributed by atoms with E-state index in [1.807, 2.05) is 37.3 Å². The molecule has 4 aromatic rings. The van der Waals surface area contributed by atoms with Crippen LogP contribution in [0.15, 0.2) is 73.1 Å². The molecule has 0 radical (unpaired) electrons. The van der Waals surface area contributed by atoms with Crippen LogP contribution in [0, 0.1) is 6.92 Å². The average molecular weight is 496 g/mol. The molecule has 2 heterocycles. The highest BCUT2D eigenvalue weighted by atomic mass is 16.3. The average Bonchev–Trinajstić information content (AvgIpc) is 3.60. The Labute approximate surface area is 215 Å². The minimum Gasteiger partial charge on any atom is -0.507 e. The van der Waals surface area contributed by atoms with Crippen LogP contribution in [0.1, 0.15) is 58.8 Å². The van der Waals surface area contributed by atoms with Crippen molar-refractivity contribution in [2.45, 2.75) is 45.1 Å². The van der Waals surface area contributed by atoms with Crippen molar-refractivity contribution in [3.8, 4) is 17.0 Å². The van der Waals surface area contributed by atoms with Crippen molar-refractivity contribution in [2.75, 3.05) is 5.32 Å². The Morgan fingerprint density at radius 1 is 1.00 bits per heavy atom. The van der Waals surface area contributed by atoms with Crippen molar-refractivity contribution >= 4 is 17.6 Å². The maximum absolute atomic E-state index is 13.2. The Hall–Kier alpha value is -4.46. The van der Waals surface area contributed by atoms with Crippen LogP contribution in [0.25, 0.3) is 11.3 Å². The van der Waals surface area contributed by atoms with E-state index in [-0.39, 0.29) is 23.6 Å². The normalized spacial score (nSPS) is 13.4. The van der Waals surface area contributed by atoms with Gasteiger partial charge in [-0.25, -0.2) is 4.79 Å². The van der Waals surface area contributed by atoms with Crippen LogP contribution in [0.4, 0.5) is 10.5 Å². The molecule has 188 valence electrons. The number of aromatic hydroxyl groups is 1. The summed E-state index contributed by atoms with van der Waals surface area (Å²) in [6, 6.07) is 17.6. The first-order chi connectivity index (χ1) is 18.0. The maximum atomic E-state index is 13.2. The van der Waals surface area contributed by atoms with Gasteiger partial charge in [0.2, 0.25) is 0 Å². The minimum absolute atomic E-state index is 0.0181. The van der Waals surface area contributed by atoms with E-state index in [0.717, 1.165) is 42.5 Å². The van der Waals surface area contributed by atoms with Crippen molar-refractivity contribution in [2.24, 2.45) is 0 Å². The molecule has 2 amide bonds. The van der Waals surface area contributed by atoms with Crippen LogP contribution in [-0.4, -0.2) is 31.8 Å². The zero-order valence-corrected chi connectivity index (χ0v) is 20.6. The highest BCUT2D eigenvalue weighted by Crippen LogP contribution is 2.38. The number of aromatic nitrogens is 3. The van der Waals surface area contributed by atoms with Crippen molar-refractivity contribution in [3.05, 3.63) is 95.4 Å². The van der Waals surface area contributed by atoms with Crippen molar-refractivity contribution in [1.29, 1.82) is 0 Å². The molecule has 1 aliphatic rings. The molecule has 1 aliphatic carbocycles. The summed E-state index contributed by atoms with van der Waals surface area (Å²) in [6.07, 6.45) is 7.31. The smallest absolute Gasteiger partial charge is 0.342 e. The fraction of sp³-hybridized carbons (Fsp3) is 0.241. The summed E-state index contributed by atoms with van der Waals surface area (Å²) in [7, 11) is 0. The number of nitrogens with one attached hydrogen (secondary N) is 2. The van der Waals surface area contributed by atoms with Gasteiger partial charge >= 0.3 is 6.03 Å². The van der Waals surface area contributed by atoms with Gasteiger partial charge in [0.15, 0.2) is 0 Å². The van der Waals surface area contributed by atoms with Gasteiger partial charge in [-0.1, -0.05) is 42.7 Å². The fourth-order valence-corrected chi connectivity index (χ4v) is 4.69. The van der Waals surface area contributed by atoms with Gasteiger partial charge in [-0.2, -0.15) is 9.78 Å². The molecule has 0 aliphatic heterocycles. The van der Waals surface area contributed by atoms with Gasteiger partial charge in [0.05, 0.1) is 11.4 Å². The van der Waals surface area contributed by atoms with Crippen LogP contribution < -0.4 is 10.6 Å². The van der Waals surface area contributed by atoms with Gasteiger partial charge < -0.3 is 15.7 Å². The standard InChI is InChI=1S/C29H29N5O3/c1-19-6-8-20(9-7-19)18-31-29(37)34-26(21-4-2-3-5-21)17-25(33-34)24-16-23(10-11-27(24)35)32-28(36)22-12-14-30-15-13-22/h6-17,21,35H,2-5,18H2,1H3,(H,31,37)(H,32,36). The molecule has 2 aromatic heterocycles. The number of pyridine rings is 1. The number of hydrogen-bond acceptors (Lipinski definition) is 5. The third kappa shape index (κ3) is 5.53. The second-order valence-corrected chi connectivity index (χ2v) is 9.41. The molecule has 3 N–H and O–H groups in total. The zero-order valence-electron chi connectivity index (χ0n) is 20.6. The van der Waals surface area contributed by atoms with Gasteiger partial charge in [0, 0.05) is 41.7 Å². The Balaban J connectivity index is 1.42. The van der Waals surface area contributed by atoms with Crippen LogP contribution in [0.5, 0.6) is 5.75 Å². The number of aryl methyl sites for hydroxylation is 1. The second-order valence-electron chi connectivity index (χ2n) is 9.41. The summed E-state index contributed by atoms with van der Waals surface area (Å²) in [5, 5.41) is 21.1. The Kier molecular flexibility index (Phi) is 6.98. The maximum Gasteiger partial charge on any atom is 0.342 e. The molecule has 5 rings (SSSR count). The number of hydrogen-bond donors (Lipinski definition) is 3. The van der Waals surface area contributed by atoms with Crippen molar-refractivity contribution in [1.82, 2.24) is 20.1 Å². The van der Waals surface area contributed by atoms with Crippen molar-refractivity contribution in [3.63, 3.8) is 0 Å². The Morgan fingerprint density at radius 3 is 2.46 bits per heavy atom. The number of amides is 2. The topological polar surface area (TPSA) is 109 Å². The molecule has 0 bridgehead atoms. The third-order valence-electron chi connectivity index (χ3n) is 6.74. The third-order valence-corrected chi connectivity index (χ3v) is 6.74. The summed E-state index contributed by atoms with van der Waals surface area (Å²) < 4.78 is 1.43. The second kappa shape index (κ2) is 10.7. The molecule has 2 aromatic carbocycles. The number of phenolic OH excluding ortho intramolecular Hbond substituents is 1. The largest absolute Gasteiger partial charge is 0.507 e. The van der Waals surface area contributed by atoms with E-state index in [1.165, 1.54) is 10.7 Å². The molecule has 0 saturated heterocycles. The highest BCUT2D eigenvalue weighted by molar-refractivity contribution is 6.04. The first-order valence-corrected chi connectivity index (χ1v) is 12.5. The van der Waals surface area contributed by atoms with E-state index in [9.17, 15) is 14.7 Å². The lowest BCUT2D eigenvalue weighted by atomic mass is 10.0. The van der Waals surface area contributed by atoms with E-state index in [0.29, 0.717) is 29.1 Å². The lowest BCUT2D eigenvalue weighted by Crippen LogP contribution is -2.30. The first kappa shape index (κ1) is 24.2. The summed E-state index contributed by atoms with van der Waals surface area (Å²) in [5.41, 5.74) is 4.90. The predicted octanol–water partition coefficient (Wildman–Crippen LogP) is 5.63. The molecule has 0 spiro atoms. The van der Waals surface area contributed by atoms with E-state index in [1.54, 1.807) is 36.7 Å². The molecular formula is C29H29N5O3. The van der Waals surface area contributed by atoms with Gasteiger partial charge in [0.25, 0.3) is 5.91 Å². The van der Waals surface area contributed by atoms with Gasteiger partial charge in [-0.05, 0) is 61.7 Å². The Morgan fingerprint density at radius 2 is 1.73 bits per heavy atom. The first-order valence-electron chi connectivity index (χ1n) is 12.5. The molecule has 0 unspecified atom stereocenters. The van der Waals surface area contributed by atoms with Gasteiger partial charge in [-0.3, -0.25) is 9.78 Å². The minimum atomic E-state index is -0.310. The number of nitrogens with zero attached hydrogens (tertiary/aromatic N) is 3. The zero-order chi connectivity index (χ0) is 25.8. The van der Waals surface area contributed by atoms with Gasteiger partial charge in [0.1, 0.15) is 5.75 Å². The Bertz CT molecular complexity index is 1410. The SMILES string of the molecule is Cc1ccc(CNC(=O)n2nc(-c3cc(NC(=O)c4ccncc4)ccc3O)cc2C2CCCC2)cc1. The summed E-state index contributed by atoms with van der Waals surface area (Å²) in [4.78, 5) is 29.8. The molecule has 1 fully saturated rings. The van der Waals surface area contributed by atoms with E-state index < -0.39 is 0 Å². The van der Waals surface area contributed by atoms with Crippen molar-refractivity contribution < 1.29 is 14.7 Å². The lowest BCUT2D eigenvalue weighted by Gasteiger charge is -2.12. The van der Waals surface area contributed by atoms with Crippen LogP contribution in [-0.2, 0) is 6.54 Å². The molecule has 8 heteroatoms. The van der Waals surface area contributed by atoms with Crippen LogP contribution in [0.3, 0.4) is 0 Å². The van der Waals surface area contributed by atoms with Gasteiger partial charge in [-0.15, -0.1) is 0 Å². The fourth-order valence-electron chi connectivity index (χ4n) is 4.69. The number of carbonyl (C=O) groups excluding carboxylic acids is 2. The molecule has 0 atom stereocenters. The number of rotatable bonds is 6. The number of benzene rings is 2. The van der Waals surface area contributed by atoms with Crippen LogP contribution in [0.2, 0.25) is 0 Å². The summed E-state index contributed by atoms with van der Waals surface area (Å²) >= 11 is 0. The molecule has 1 saturated carbocycles. The van der Waals surface area contributed by atoms with E-state index in [4.69, 9.17) is 0 Å². The number of anilines is 1. The predicted molar refractivity (Wildman–Crippen MR) is 142 cm³/mol. The van der Waals surface area contributed by atoms with Crippen LogP contribution >= 0.6 is 0 Å². The lowest BCUT2D eigenvalue weighted by molar-refractivity contribution is 0.102. The highest BCUT2D eigenvalue weighted by Gasteiger charge is 2.26. The molecule has 8 nitrogen and oxygen atoms in total. The quantitative estimate of drug-likeness (QED) is 0.301. The van der Waals surface area contributed by atoms with E-state index >= 15 is 0 Å². The summed E-state index contributed by atoms with van der Waals surface area (Å²) in [5.74, 6) is -0.0422. The molecular weight excluding hydrogens is 466 g/mol. The summed E-state index contributed by atoms with van der Waals surface area (Å²) in [6.45, 7) is 2.41.